The maximum absolute atomic E-state index is 10.3. The van der Waals surface area contributed by atoms with Crippen molar-refractivity contribution in [2.24, 2.45) is 5.73 Å². The van der Waals surface area contributed by atoms with Crippen molar-refractivity contribution in [2.45, 2.75) is 12.5 Å². The molecule has 12 heavy (non-hydrogen) atoms. The highest BCUT2D eigenvalue weighted by Crippen LogP contribution is 2.06. The van der Waals surface area contributed by atoms with Crippen LogP contribution in [-0.4, -0.2) is 40.6 Å². The van der Waals surface area contributed by atoms with Crippen molar-refractivity contribution >= 4 is 29.5 Å². The van der Waals surface area contributed by atoms with E-state index in [1.807, 2.05) is 0 Å². The molecular formula is C7H15NO2S2. The predicted molar refractivity (Wildman–Crippen MR) is 55.9 cm³/mol. The SMILES string of the molecule is CSCCCSC[C@H](N)C(=O)O. The lowest BCUT2D eigenvalue weighted by Gasteiger charge is -2.04. The van der Waals surface area contributed by atoms with Crippen LogP contribution in [0.5, 0.6) is 0 Å². The normalized spacial score (nSPS) is 12.8. The third-order valence-corrected chi connectivity index (χ3v) is 3.12. The van der Waals surface area contributed by atoms with Gasteiger partial charge in [0, 0.05) is 5.75 Å². The summed E-state index contributed by atoms with van der Waals surface area (Å²) in [4.78, 5) is 10.3. The van der Waals surface area contributed by atoms with E-state index in [1.165, 1.54) is 0 Å². The first-order chi connectivity index (χ1) is 5.68. The van der Waals surface area contributed by atoms with Gasteiger partial charge in [0.05, 0.1) is 0 Å². The van der Waals surface area contributed by atoms with E-state index < -0.39 is 12.0 Å². The first-order valence-corrected chi connectivity index (χ1v) is 6.28. The van der Waals surface area contributed by atoms with E-state index in [0.29, 0.717) is 5.75 Å². The van der Waals surface area contributed by atoms with Gasteiger partial charge >= 0.3 is 5.97 Å². The van der Waals surface area contributed by atoms with E-state index in [-0.39, 0.29) is 0 Å². The Morgan fingerprint density at radius 2 is 2.25 bits per heavy atom. The van der Waals surface area contributed by atoms with E-state index >= 15 is 0 Å². The molecule has 0 fully saturated rings. The highest BCUT2D eigenvalue weighted by Gasteiger charge is 2.09. The maximum Gasteiger partial charge on any atom is 0.321 e. The fraction of sp³-hybridized carbons (Fsp3) is 0.857. The Kier molecular flexibility index (Phi) is 7.85. The molecular weight excluding hydrogens is 194 g/mol. The minimum absolute atomic E-state index is 0.518. The zero-order valence-corrected chi connectivity index (χ0v) is 8.79. The van der Waals surface area contributed by atoms with Crippen LogP contribution in [0.3, 0.4) is 0 Å². The van der Waals surface area contributed by atoms with Crippen molar-refractivity contribution in [3.05, 3.63) is 0 Å². The Labute approximate surface area is 81.5 Å². The number of hydrogen-bond acceptors (Lipinski definition) is 4. The molecule has 0 rings (SSSR count). The van der Waals surface area contributed by atoms with E-state index in [2.05, 4.69) is 6.26 Å². The van der Waals surface area contributed by atoms with Crippen LogP contribution < -0.4 is 5.73 Å². The van der Waals surface area contributed by atoms with Gasteiger partial charge in [-0.1, -0.05) is 0 Å². The molecule has 0 aliphatic heterocycles. The Balaban J connectivity index is 3.14. The van der Waals surface area contributed by atoms with Crippen LogP contribution in [0, 0.1) is 0 Å². The number of thioether (sulfide) groups is 2. The first-order valence-electron chi connectivity index (χ1n) is 3.73. The van der Waals surface area contributed by atoms with Crippen LogP contribution >= 0.6 is 23.5 Å². The van der Waals surface area contributed by atoms with Gasteiger partial charge in [0.25, 0.3) is 0 Å². The molecule has 0 bridgehead atoms. The van der Waals surface area contributed by atoms with Crippen molar-refractivity contribution in [2.75, 3.05) is 23.5 Å². The number of nitrogens with two attached hydrogens (primary N) is 1. The minimum atomic E-state index is -0.910. The number of carboxylic acids is 1. The quantitative estimate of drug-likeness (QED) is 0.610. The molecule has 0 saturated heterocycles. The molecule has 72 valence electrons. The second-order valence-electron chi connectivity index (χ2n) is 2.37. The fourth-order valence-corrected chi connectivity index (χ4v) is 2.11. The largest absolute Gasteiger partial charge is 0.480 e. The van der Waals surface area contributed by atoms with E-state index in [0.717, 1.165) is 17.9 Å². The summed E-state index contributed by atoms with van der Waals surface area (Å²) in [5.74, 6) is 1.74. The molecule has 0 spiro atoms. The Morgan fingerprint density at radius 3 is 2.75 bits per heavy atom. The van der Waals surface area contributed by atoms with Crippen molar-refractivity contribution in [1.82, 2.24) is 0 Å². The maximum atomic E-state index is 10.3. The van der Waals surface area contributed by atoms with Gasteiger partial charge < -0.3 is 10.8 Å². The average molecular weight is 209 g/mol. The summed E-state index contributed by atoms with van der Waals surface area (Å²) in [6, 6.07) is -0.704. The van der Waals surface area contributed by atoms with Crippen molar-refractivity contribution < 1.29 is 9.90 Å². The monoisotopic (exact) mass is 209 g/mol. The molecule has 1 atom stereocenters. The molecule has 0 unspecified atom stereocenters. The third kappa shape index (κ3) is 6.82. The van der Waals surface area contributed by atoms with Crippen molar-refractivity contribution in [3.63, 3.8) is 0 Å². The fourth-order valence-electron chi connectivity index (χ4n) is 0.587. The lowest BCUT2D eigenvalue weighted by atomic mass is 10.4. The molecule has 0 aromatic heterocycles. The topological polar surface area (TPSA) is 63.3 Å². The smallest absolute Gasteiger partial charge is 0.321 e. The molecule has 0 aromatic rings. The predicted octanol–water partition coefficient (Wildman–Crippen LogP) is 0.885. The molecule has 3 nitrogen and oxygen atoms in total. The van der Waals surface area contributed by atoms with Gasteiger partial charge in [-0.3, -0.25) is 4.79 Å². The number of aliphatic carboxylic acids is 1. The van der Waals surface area contributed by atoms with Crippen LogP contribution in [0.2, 0.25) is 0 Å². The summed E-state index contributed by atoms with van der Waals surface area (Å²) in [7, 11) is 0. The zero-order chi connectivity index (χ0) is 9.40. The van der Waals surface area contributed by atoms with E-state index in [9.17, 15) is 4.79 Å². The van der Waals surface area contributed by atoms with Gasteiger partial charge in [-0.25, -0.2) is 0 Å². The summed E-state index contributed by atoms with van der Waals surface area (Å²) < 4.78 is 0. The Bertz CT molecular complexity index is 133. The summed E-state index contributed by atoms with van der Waals surface area (Å²) >= 11 is 3.42. The zero-order valence-electron chi connectivity index (χ0n) is 7.16. The second-order valence-corrected chi connectivity index (χ2v) is 4.50. The number of hydrogen-bond donors (Lipinski definition) is 2. The summed E-state index contributed by atoms with van der Waals surface area (Å²) in [5.41, 5.74) is 5.31. The van der Waals surface area contributed by atoms with Crippen LogP contribution in [0.25, 0.3) is 0 Å². The average Bonchev–Trinajstić information content (AvgIpc) is 2.03. The van der Waals surface area contributed by atoms with E-state index in [1.54, 1.807) is 23.5 Å². The number of carboxylic acid groups (broad SMARTS) is 1. The second kappa shape index (κ2) is 7.76. The molecule has 0 amide bonds. The van der Waals surface area contributed by atoms with Crippen LogP contribution in [0.1, 0.15) is 6.42 Å². The van der Waals surface area contributed by atoms with Gasteiger partial charge in [-0.2, -0.15) is 23.5 Å². The van der Waals surface area contributed by atoms with Gasteiger partial charge in [0.15, 0.2) is 0 Å². The minimum Gasteiger partial charge on any atom is -0.480 e. The lowest BCUT2D eigenvalue weighted by molar-refractivity contribution is -0.137. The van der Waals surface area contributed by atoms with Gasteiger partial charge in [-0.05, 0) is 24.2 Å². The highest BCUT2D eigenvalue weighted by atomic mass is 32.2. The number of carbonyl (C=O) groups is 1. The van der Waals surface area contributed by atoms with Crippen LogP contribution in [0.4, 0.5) is 0 Å². The molecule has 0 heterocycles. The van der Waals surface area contributed by atoms with Crippen molar-refractivity contribution in [3.8, 4) is 0 Å². The third-order valence-electron chi connectivity index (χ3n) is 1.25. The first kappa shape index (κ1) is 12.1. The van der Waals surface area contributed by atoms with Gasteiger partial charge in [0.2, 0.25) is 0 Å². The molecule has 0 aliphatic carbocycles. The van der Waals surface area contributed by atoms with E-state index in [4.69, 9.17) is 10.8 Å². The summed E-state index contributed by atoms with van der Waals surface area (Å²) in [6.45, 7) is 0. The molecule has 3 N–H and O–H groups in total. The summed E-state index contributed by atoms with van der Waals surface area (Å²) in [6.07, 6.45) is 3.19. The molecule has 0 radical (unpaired) electrons. The van der Waals surface area contributed by atoms with Gasteiger partial charge in [0.1, 0.15) is 6.04 Å². The Hall–Kier alpha value is 0.130. The van der Waals surface area contributed by atoms with Crippen molar-refractivity contribution in [1.29, 1.82) is 0 Å². The van der Waals surface area contributed by atoms with Gasteiger partial charge in [-0.15, -0.1) is 0 Å². The molecule has 0 aliphatic rings. The highest BCUT2D eigenvalue weighted by molar-refractivity contribution is 7.99. The summed E-state index contributed by atoms with van der Waals surface area (Å²) in [5, 5.41) is 8.44. The standard InChI is InChI=1S/C7H15NO2S2/c1-11-3-2-4-12-5-6(8)7(9)10/h6H,2-5,8H2,1H3,(H,9,10)/t6-/m0/s1. The Morgan fingerprint density at radius 1 is 1.58 bits per heavy atom. The molecule has 5 heteroatoms. The molecule has 0 saturated carbocycles. The lowest BCUT2D eigenvalue weighted by Crippen LogP contribution is -2.32. The van der Waals surface area contributed by atoms with Crippen LogP contribution in [0.15, 0.2) is 0 Å². The van der Waals surface area contributed by atoms with Crippen LogP contribution in [-0.2, 0) is 4.79 Å². The molecule has 0 aromatic carbocycles. The number of rotatable bonds is 7.